The number of halogens is 1. The van der Waals surface area contributed by atoms with E-state index in [4.69, 9.17) is 17.3 Å². The van der Waals surface area contributed by atoms with Gasteiger partial charge in [0, 0.05) is 12.7 Å². The molecule has 1 aliphatic heterocycles. The number of pyridine rings is 1. The minimum absolute atomic E-state index is 0.119. The summed E-state index contributed by atoms with van der Waals surface area (Å²) in [6.45, 7) is 1.04. The van der Waals surface area contributed by atoms with Gasteiger partial charge in [0.2, 0.25) is 0 Å². The fourth-order valence-electron chi connectivity index (χ4n) is 2.33. The molecule has 3 N–H and O–H groups in total. The summed E-state index contributed by atoms with van der Waals surface area (Å²) in [4.78, 5) is 6.41. The van der Waals surface area contributed by atoms with Gasteiger partial charge in [0.25, 0.3) is 0 Å². The van der Waals surface area contributed by atoms with Gasteiger partial charge in [-0.1, -0.05) is 24.4 Å². The van der Waals surface area contributed by atoms with E-state index < -0.39 is 0 Å². The Morgan fingerprint density at radius 2 is 2.29 bits per heavy atom. The fourth-order valence-corrected chi connectivity index (χ4v) is 2.50. The number of nitrogens with zero attached hydrogens (tertiary/aromatic N) is 2. The maximum absolute atomic E-state index is 9.46. The van der Waals surface area contributed by atoms with Crippen LogP contribution in [-0.2, 0) is 0 Å². The second kappa shape index (κ2) is 5.56. The zero-order valence-corrected chi connectivity index (χ0v) is 10.5. The van der Waals surface area contributed by atoms with Crippen LogP contribution in [0.3, 0.4) is 0 Å². The Kier molecular flexibility index (Phi) is 4.07. The zero-order valence-electron chi connectivity index (χ0n) is 9.77. The quantitative estimate of drug-likeness (QED) is 0.849. The molecule has 94 valence electrons. The predicted octanol–water partition coefficient (Wildman–Crippen LogP) is 2.06. The Balaban J connectivity index is 2.28. The van der Waals surface area contributed by atoms with Gasteiger partial charge < -0.3 is 15.7 Å². The standard InChI is InChI=1S/C12H18ClN3O/c13-9-6-11(14)12(15-7-9)16-5-3-1-2-4-10(16)8-17/h6-7,10,17H,1-5,8,14H2. The molecule has 1 unspecified atom stereocenters. The maximum Gasteiger partial charge on any atom is 0.152 e. The number of aliphatic hydroxyl groups excluding tert-OH is 1. The van der Waals surface area contributed by atoms with Gasteiger partial charge >= 0.3 is 0 Å². The van der Waals surface area contributed by atoms with E-state index in [1.54, 1.807) is 12.3 Å². The summed E-state index contributed by atoms with van der Waals surface area (Å²) in [7, 11) is 0. The summed E-state index contributed by atoms with van der Waals surface area (Å²) in [6.07, 6.45) is 6.04. The second-order valence-corrected chi connectivity index (χ2v) is 4.88. The molecule has 4 nitrogen and oxygen atoms in total. The van der Waals surface area contributed by atoms with Crippen molar-refractivity contribution < 1.29 is 5.11 Å². The average molecular weight is 256 g/mol. The van der Waals surface area contributed by atoms with Crippen molar-refractivity contribution in [3.8, 4) is 0 Å². The highest BCUT2D eigenvalue weighted by atomic mass is 35.5. The van der Waals surface area contributed by atoms with E-state index in [-0.39, 0.29) is 12.6 Å². The number of rotatable bonds is 2. The first-order valence-electron chi connectivity index (χ1n) is 6.01. The lowest BCUT2D eigenvalue weighted by molar-refractivity contribution is 0.254. The molecule has 1 saturated heterocycles. The zero-order chi connectivity index (χ0) is 12.3. The van der Waals surface area contributed by atoms with Crippen LogP contribution >= 0.6 is 11.6 Å². The van der Waals surface area contributed by atoms with E-state index in [1.807, 2.05) is 0 Å². The molecule has 17 heavy (non-hydrogen) atoms. The van der Waals surface area contributed by atoms with Crippen LogP contribution in [0.2, 0.25) is 5.02 Å². The Morgan fingerprint density at radius 1 is 1.47 bits per heavy atom. The van der Waals surface area contributed by atoms with Gasteiger partial charge in [-0.25, -0.2) is 4.98 Å². The van der Waals surface area contributed by atoms with Crippen molar-refractivity contribution in [1.29, 1.82) is 0 Å². The molecule has 0 aliphatic carbocycles. The van der Waals surface area contributed by atoms with Crippen LogP contribution in [-0.4, -0.2) is 29.3 Å². The molecule has 1 aromatic heterocycles. The molecule has 0 bridgehead atoms. The Morgan fingerprint density at radius 3 is 3.00 bits per heavy atom. The van der Waals surface area contributed by atoms with Crippen molar-refractivity contribution in [3.63, 3.8) is 0 Å². The van der Waals surface area contributed by atoms with Gasteiger partial charge in [-0.15, -0.1) is 0 Å². The number of hydrogen-bond donors (Lipinski definition) is 2. The molecule has 0 saturated carbocycles. The molecular weight excluding hydrogens is 238 g/mol. The van der Waals surface area contributed by atoms with Gasteiger partial charge in [-0.05, 0) is 18.9 Å². The van der Waals surface area contributed by atoms with Crippen LogP contribution in [0.5, 0.6) is 0 Å². The van der Waals surface area contributed by atoms with Crippen molar-refractivity contribution in [2.45, 2.75) is 31.7 Å². The molecule has 2 heterocycles. The lowest BCUT2D eigenvalue weighted by Gasteiger charge is -2.30. The molecule has 1 aliphatic rings. The Bertz CT molecular complexity index is 386. The van der Waals surface area contributed by atoms with Crippen molar-refractivity contribution in [2.75, 3.05) is 23.8 Å². The summed E-state index contributed by atoms with van der Waals surface area (Å²) < 4.78 is 0. The van der Waals surface area contributed by atoms with Crippen molar-refractivity contribution in [1.82, 2.24) is 4.98 Å². The van der Waals surface area contributed by atoms with E-state index in [0.717, 1.165) is 31.6 Å². The first-order valence-corrected chi connectivity index (χ1v) is 6.38. The number of nitrogens with two attached hydrogens (primary N) is 1. The normalized spacial score (nSPS) is 21.3. The van der Waals surface area contributed by atoms with E-state index in [9.17, 15) is 5.11 Å². The summed E-state index contributed by atoms with van der Waals surface area (Å²) >= 11 is 5.85. The van der Waals surface area contributed by atoms with Gasteiger partial charge in [-0.2, -0.15) is 0 Å². The predicted molar refractivity (Wildman–Crippen MR) is 70.3 cm³/mol. The van der Waals surface area contributed by atoms with Gasteiger partial charge in [-0.3, -0.25) is 0 Å². The lowest BCUT2D eigenvalue weighted by atomic mass is 10.1. The fraction of sp³-hybridized carbons (Fsp3) is 0.583. The monoisotopic (exact) mass is 255 g/mol. The molecule has 0 spiro atoms. The largest absolute Gasteiger partial charge is 0.396 e. The number of aromatic nitrogens is 1. The highest BCUT2D eigenvalue weighted by molar-refractivity contribution is 6.30. The van der Waals surface area contributed by atoms with E-state index in [2.05, 4.69) is 9.88 Å². The van der Waals surface area contributed by atoms with Crippen LogP contribution < -0.4 is 10.6 Å². The smallest absolute Gasteiger partial charge is 0.152 e. The maximum atomic E-state index is 9.46. The van der Waals surface area contributed by atoms with Gasteiger partial charge in [0.15, 0.2) is 5.82 Å². The molecule has 1 atom stereocenters. The molecule has 5 heteroatoms. The third-order valence-electron chi connectivity index (χ3n) is 3.22. The Labute approximate surface area is 106 Å². The van der Waals surface area contributed by atoms with Crippen LogP contribution in [0, 0.1) is 0 Å². The number of hydrogen-bond acceptors (Lipinski definition) is 4. The highest BCUT2D eigenvalue weighted by Crippen LogP contribution is 2.28. The molecule has 1 aromatic rings. The van der Waals surface area contributed by atoms with Crippen LogP contribution in [0.4, 0.5) is 11.5 Å². The van der Waals surface area contributed by atoms with E-state index in [1.165, 1.54) is 6.42 Å². The number of nitrogen functional groups attached to an aromatic ring is 1. The second-order valence-electron chi connectivity index (χ2n) is 4.45. The van der Waals surface area contributed by atoms with Crippen molar-refractivity contribution in [2.24, 2.45) is 0 Å². The summed E-state index contributed by atoms with van der Waals surface area (Å²) in [5.41, 5.74) is 6.53. The van der Waals surface area contributed by atoms with Crippen LogP contribution in [0.1, 0.15) is 25.7 Å². The number of anilines is 2. The molecule has 0 amide bonds. The van der Waals surface area contributed by atoms with Gasteiger partial charge in [0.1, 0.15) is 0 Å². The third kappa shape index (κ3) is 2.82. The Hall–Kier alpha value is -1.00. The van der Waals surface area contributed by atoms with E-state index in [0.29, 0.717) is 10.7 Å². The van der Waals surface area contributed by atoms with Crippen LogP contribution in [0.25, 0.3) is 0 Å². The van der Waals surface area contributed by atoms with Gasteiger partial charge in [0.05, 0.1) is 23.4 Å². The minimum Gasteiger partial charge on any atom is -0.396 e. The first-order chi connectivity index (χ1) is 8.22. The molecule has 1 fully saturated rings. The topological polar surface area (TPSA) is 62.4 Å². The van der Waals surface area contributed by atoms with E-state index >= 15 is 0 Å². The SMILES string of the molecule is Nc1cc(Cl)cnc1N1CCCCCC1CO. The van der Waals surface area contributed by atoms with Crippen LogP contribution in [0.15, 0.2) is 12.3 Å². The molecule has 2 rings (SSSR count). The molecule has 0 radical (unpaired) electrons. The minimum atomic E-state index is 0.119. The average Bonchev–Trinajstić information content (AvgIpc) is 2.54. The summed E-state index contributed by atoms with van der Waals surface area (Å²) in [5.74, 6) is 0.746. The van der Waals surface area contributed by atoms with Crippen molar-refractivity contribution in [3.05, 3.63) is 17.3 Å². The lowest BCUT2D eigenvalue weighted by Crippen LogP contribution is -2.38. The first kappa shape index (κ1) is 12.5. The van der Waals surface area contributed by atoms with Crippen molar-refractivity contribution >= 4 is 23.1 Å². The highest BCUT2D eigenvalue weighted by Gasteiger charge is 2.23. The summed E-state index contributed by atoms with van der Waals surface area (Å²) in [6, 6.07) is 1.83. The summed E-state index contributed by atoms with van der Waals surface area (Å²) in [5, 5.41) is 10.0. The third-order valence-corrected chi connectivity index (χ3v) is 3.43. The number of aliphatic hydroxyl groups is 1. The molecular formula is C12H18ClN3O. The molecule has 0 aromatic carbocycles.